The Hall–Kier alpha value is -2.38. The summed E-state index contributed by atoms with van der Waals surface area (Å²) in [6.45, 7) is 1.42. The van der Waals surface area contributed by atoms with E-state index in [-0.39, 0.29) is 23.9 Å². The number of hydrogen-bond acceptors (Lipinski definition) is 5. The van der Waals surface area contributed by atoms with Crippen LogP contribution in [0.25, 0.3) is 0 Å². The molecule has 0 aliphatic carbocycles. The topological polar surface area (TPSA) is 64.7 Å². The van der Waals surface area contributed by atoms with Gasteiger partial charge in [-0.3, -0.25) is 9.59 Å². The molecule has 142 valence electrons. The van der Waals surface area contributed by atoms with Gasteiger partial charge < -0.3 is 20.4 Å². The van der Waals surface area contributed by atoms with Crippen LogP contribution < -0.4 is 15.5 Å². The van der Waals surface area contributed by atoms with E-state index >= 15 is 0 Å². The van der Waals surface area contributed by atoms with Gasteiger partial charge in [-0.2, -0.15) is 0 Å². The van der Waals surface area contributed by atoms with E-state index in [0.29, 0.717) is 12.1 Å². The molecule has 1 aromatic heterocycles. The number of rotatable bonds is 5. The molecule has 2 atom stereocenters. The summed E-state index contributed by atoms with van der Waals surface area (Å²) in [5, 5.41) is 8.04. The maximum absolute atomic E-state index is 12.7. The highest BCUT2D eigenvalue weighted by atomic mass is 32.1. The van der Waals surface area contributed by atoms with Crippen molar-refractivity contribution in [3.8, 4) is 0 Å². The minimum absolute atomic E-state index is 0.0305. The van der Waals surface area contributed by atoms with Crippen molar-refractivity contribution in [3.63, 3.8) is 0 Å². The fourth-order valence-electron chi connectivity index (χ4n) is 3.88. The molecule has 2 aromatic rings. The van der Waals surface area contributed by atoms with Gasteiger partial charge in [0.15, 0.2) is 0 Å². The van der Waals surface area contributed by atoms with Crippen LogP contribution in [-0.2, 0) is 4.79 Å². The Labute approximate surface area is 163 Å². The summed E-state index contributed by atoms with van der Waals surface area (Å²) >= 11 is 1.69. The minimum atomic E-state index is -0.126. The number of nitrogens with zero attached hydrogens (tertiary/aromatic N) is 2. The van der Waals surface area contributed by atoms with E-state index in [1.807, 2.05) is 37.7 Å². The quantitative estimate of drug-likeness (QED) is 0.832. The zero-order chi connectivity index (χ0) is 19.0. The summed E-state index contributed by atoms with van der Waals surface area (Å²) in [4.78, 5) is 30.4. The van der Waals surface area contributed by atoms with Gasteiger partial charge >= 0.3 is 0 Å². The molecule has 1 aromatic carbocycles. The normalized spacial score (nSPS) is 19.4. The molecule has 2 aliphatic heterocycles. The molecule has 0 spiro atoms. The Morgan fingerprint density at radius 1 is 1.41 bits per heavy atom. The number of carbonyl (C=O) groups excluding carboxylic acids is 2. The molecular weight excluding hydrogens is 360 g/mol. The van der Waals surface area contributed by atoms with Crippen molar-refractivity contribution >= 4 is 34.5 Å². The summed E-state index contributed by atoms with van der Waals surface area (Å²) in [7, 11) is 4.02. The van der Waals surface area contributed by atoms with E-state index in [1.165, 1.54) is 4.88 Å². The minimum Gasteiger partial charge on any atom is -0.358 e. The number of fused-ring (bicyclic) bond motifs is 3. The van der Waals surface area contributed by atoms with E-state index in [2.05, 4.69) is 26.5 Å². The first-order chi connectivity index (χ1) is 13.0. The average Bonchev–Trinajstić information content (AvgIpc) is 3.33. The first-order valence-electron chi connectivity index (χ1n) is 9.24. The Morgan fingerprint density at radius 3 is 3.00 bits per heavy atom. The molecule has 4 rings (SSSR count). The van der Waals surface area contributed by atoms with Gasteiger partial charge in [0.25, 0.3) is 5.91 Å². The number of anilines is 2. The van der Waals surface area contributed by atoms with Crippen molar-refractivity contribution in [1.29, 1.82) is 0 Å². The second-order valence-electron chi connectivity index (χ2n) is 7.28. The summed E-state index contributed by atoms with van der Waals surface area (Å²) in [6.07, 6.45) is 1.91. The number of carbonyl (C=O) groups is 2. The standard InChI is InChI=1S/C20H24N4O2S/c1-23(2)17(18-6-4-10-27-18)12-21-19(25)13-7-8-15-14(11-13)22-20(26)16-5-3-9-24(15)16/h4,6-8,10-11,16-17H,3,5,9,12H2,1-2H3,(H,21,25)(H,22,26). The van der Waals surface area contributed by atoms with Gasteiger partial charge in [0.2, 0.25) is 5.91 Å². The second kappa shape index (κ2) is 7.32. The summed E-state index contributed by atoms with van der Waals surface area (Å²) < 4.78 is 0. The number of amides is 2. The van der Waals surface area contributed by atoms with Gasteiger partial charge in [-0.15, -0.1) is 11.3 Å². The number of thiophene rings is 1. The lowest BCUT2D eigenvalue weighted by atomic mass is 10.1. The Balaban J connectivity index is 1.48. The lowest BCUT2D eigenvalue weighted by molar-refractivity contribution is -0.117. The third-order valence-corrected chi connectivity index (χ3v) is 6.31. The Morgan fingerprint density at radius 2 is 2.26 bits per heavy atom. The van der Waals surface area contributed by atoms with Gasteiger partial charge in [-0.1, -0.05) is 6.07 Å². The first-order valence-corrected chi connectivity index (χ1v) is 10.1. The van der Waals surface area contributed by atoms with E-state index in [1.54, 1.807) is 17.4 Å². The fraction of sp³-hybridized carbons (Fsp3) is 0.400. The molecular formula is C20H24N4O2S. The molecule has 0 radical (unpaired) electrons. The summed E-state index contributed by atoms with van der Waals surface area (Å²) in [5.41, 5.74) is 2.31. The monoisotopic (exact) mass is 384 g/mol. The number of nitrogens with one attached hydrogen (secondary N) is 2. The molecule has 2 aliphatic rings. The van der Waals surface area contributed by atoms with Crippen molar-refractivity contribution in [2.24, 2.45) is 0 Å². The van der Waals surface area contributed by atoms with Crippen LogP contribution in [0, 0.1) is 0 Å². The van der Waals surface area contributed by atoms with Crippen LogP contribution in [0.4, 0.5) is 11.4 Å². The van der Waals surface area contributed by atoms with Crippen LogP contribution in [0.2, 0.25) is 0 Å². The van der Waals surface area contributed by atoms with Crippen molar-refractivity contribution in [3.05, 3.63) is 46.2 Å². The van der Waals surface area contributed by atoms with Gasteiger partial charge in [-0.05, 0) is 56.6 Å². The number of hydrogen-bond donors (Lipinski definition) is 2. The van der Waals surface area contributed by atoms with Crippen LogP contribution in [0.5, 0.6) is 0 Å². The lowest BCUT2D eigenvalue weighted by Crippen LogP contribution is -2.44. The SMILES string of the molecule is CN(C)C(CNC(=O)c1ccc2c(c1)NC(=O)C1CCCN21)c1cccs1. The molecule has 6 nitrogen and oxygen atoms in total. The molecule has 7 heteroatoms. The van der Waals surface area contributed by atoms with E-state index in [0.717, 1.165) is 30.8 Å². The molecule has 1 fully saturated rings. The smallest absolute Gasteiger partial charge is 0.251 e. The van der Waals surface area contributed by atoms with Crippen LogP contribution in [0.1, 0.15) is 34.1 Å². The van der Waals surface area contributed by atoms with Gasteiger partial charge in [-0.25, -0.2) is 0 Å². The Kier molecular flexibility index (Phi) is 4.88. The third-order valence-electron chi connectivity index (χ3n) is 5.33. The highest BCUT2D eigenvalue weighted by Crippen LogP contribution is 2.37. The van der Waals surface area contributed by atoms with Crippen molar-refractivity contribution in [1.82, 2.24) is 10.2 Å². The predicted molar refractivity (Wildman–Crippen MR) is 109 cm³/mol. The largest absolute Gasteiger partial charge is 0.358 e. The van der Waals surface area contributed by atoms with Crippen LogP contribution >= 0.6 is 11.3 Å². The molecule has 2 amide bonds. The Bertz CT molecular complexity index is 850. The highest BCUT2D eigenvalue weighted by molar-refractivity contribution is 7.10. The first kappa shape index (κ1) is 18.0. The summed E-state index contributed by atoms with van der Waals surface area (Å²) in [6, 6.07) is 9.76. The van der Waals surface area contributed by atoms with Crippen LogP contribution in [-0.4, -0.2) is 49.9 Å². The van der Waals surface area contributed by atoms with Crippen molar-refractivity contribution < 1.29 is 9.59 Å². The second-order valence-corrected chi connectivity index (χ2v) is 8.26. The zero-order valence-corrected chi connectivity index (χ0v) is 16.4. The van der Waals surface area contributed by atoms with E-state index in [9.17, 15) is 9.59 Å². The average molecular weight is 385 g/mol. The molecule has 3 heterocycles. The van der Waals surface area contributed by atoms with Crippen LogP contribution in [0.3, 0.4) is 0 Å². The predicted octanol–water partition coefficient (Wildman–Crippen LogP) is 2.70. The molecule has 27 heavy (non-hydrogen) atoms. The summed E-state index contributed by atoms with van der Waals surface area (Å²) in [5.74, 6) is -0.0954. The van der Waals surface area contributed by atoms with Gasteiger partial charge in [0, 0.05) is 23.5 Å². The van der Waals surface area contributed by atoms with Crippen molar-refractivity contribution in [2.45, 2.75) is 24.9 Å². The highest BCUT2D eigenvalue weighted by Gasteiger charge is 2.36. The van der Waals surface area contributed by atoms with E-state index in [4.69, 9.17) is 0 Å². The third kappa shape index (κ3) is 3.44. The molecule has 0 saturated carbocycles. The molecule has 0 bridgehead atoms. The molecule has 1 saturated heterocycles. The molecule has 2 unspecified atom stereocenters. The van der Waals surface area contributed by atoms with Gasteiger partial charge in [0.1, 0.15) is 6.04 Å². The number of benzene rings is 1. The van der Waals surface area contributed by atoms with Crippen LogP contribution in [0.15, 0.2) is 35.7 Å². The van der Waals surface area contributed by atoms with Crippen molar-refractivity contribution in [2.75, 3.05) is 37.4 Å². The maximum Gasteiger partial charge on any atom is 0.251 e. The fourth-order valence-corrected chi connectivity index (χ4v) is 4.80. The number of likely N-dealkylation sites (N-methyl/N-ethyl adjacent to an activating group) is 1. The lowest BCUT2D eigenvalue weighted by Gasteiger charge is -2.33. The van der Waals surface area contributed by atoms with E-state index < -0.39 is 0 Å². The zero-order valence-electron chi connectivity index (χ0n) is 15.6. The molecule has 2 N–H and O–H groups in total. The van der Waals surface area contributed by atoms with Gasteiger partial charge in [0.05, 0.1) is 17.4 Å². The maximum atomic E-state index is 12.7.